The molecule has 96 valence electrons. The van der Waals surface area contributed by atoms with Crippen molar-refractivity contribution in [2.45, 2.75) is 12.5 Å². The van der Waals surface area contributed by atoms with Crippen LogP contribution >= 0.6 is 0 Å². The van der Waals surface area contributed by atoms with E-state index in [0.29, 0.717) is 0 Å². The highest BCUT2D eigenvalue weighted by atomic mass is 16.3. The molecule has 0 spiro atoms. The summed E-state index contributed by atoms with van der Waals surface area (Å²) in [5.74, 6) is 5.71. The number of nitrogens with one attached hydrogen (secondary N) is 1. The Kier molecular flexibility index (Phi) is 3.27. The van der Waals surface area contributed by atoms with E-state index in [0.717, 1.165) is 28.5 Å². The van der Waals surface area contributed by atoms with Gasteiger partial charge in [-0.25, -0.2) is 0 Å². The van der Waals surface area contributed by atoms with Gasteiger partial charge in [0.25, 0.3) is 0 Å². The number of furan rings is 1. The van der Waals surface area contributed by atoms with E-state index in [9.17, 15) is 0 Å². The van der Waals surface area contributed by atoms with Crippen LogP contribution < -0.4 is 11.3 Å². The summed E-state index contributed by atoms with van der Waals surface area (Å²) in [5.41, 5.74) is 6.12. The molecule has 0 aliphatic rings. The minimum Gasteiger partial charge on any atom is -0.472 e. The molecule has 1 unspecified atom stereocenters. The maximum atomic E-state index is 5.71. The summed E-state index contributed by atoms with van der Waals surface area (Å²) in [5, 5.41) is 1.12. The first-order valence-corrected chi connectivity index (χ1v) is 6.19. The number of rotatable bonds is 4. The molecule has 2 aromatic heterocycles. The van der Waals surface area contributed by atoms with Crippen LogP contribution in [0.15, 0.2) is 59.5 Å². The van der Waals surface area contributed by atoms with E-state index in [1.54, 1.807) is 18.7 Å². The number of hydrazine groups is 1. The summed E-state index contributed by atoms with van der Waals surface area (Å²) in [7, 11) is 0. The molecule has 4 nitrogen and oxygen atoms in total. The zero-order chi connectivity index (χ0) is 13.1. The molecule has 0 bridgehead atoms. The van der Waals surface area contributed by atoms with E-state index in [-0.39, 0.29) is 6.04 Å². The van der Waals surface area contributed by atoms with E-state index in [1.165, 1.54) is 0 Å². The molecule has 3 N–H and O–H groups in total. The minimum absolute atomic E-state index is 0.0329. The highest BCUT2D eigenvalue weighted by Gasteiger charge is 2.14. The maximum absolute atomic E-state index is 5.71. The average Bonchev–Trinajstić information content (AvgIpc) is 2.97. The lowest BCUT2D eigenvalue weighted by Crippen LogP contribution is -2.29. The molecule has 1 atom stereocenters. The third-order valence-corrected chi connectivity index (χ3v) is 3.28. The molecular weight excluding hydrogens is 238 g/mol. The van der Waals surface area contributed by atoms with Crippen LogP contribution in [0.5, 0.6) is 0 Å². The van der Waals surface area contributed by atoms with Gasteiger partial charge in [-0.1, -0.05) is 18.2 Å². The van der Waals surface area contributed by atoms with E-state index in [1.807, 2.05) is 24.3 Å². The summed E-state index contributed by atoms with van der Waals surface area (Å²) >= 11 is 0. The van der Waals surface area contributed by atoms with Gasteiger partial charge in [0.05, 0.1) is 24.1 Å². The Bertz CT molecular complexity index is 659. The van der Waals surface area contributed by atoms with Crippen LogP contribution in [0.2, 0.25) is 0 Å². The van der Waals surface area contributed by atoms with E-state index in [2.05, 4.69) is 22.5 Å². The van der Waals surface area contributed by atoms with Crippen LogP contribution in [0.25, 0.3) is 10.9 Å². The SMILES string of the molecule is NNC(Cc1ccoc1)c1cccc2ncccc12. The number of nitrogens with zero attached hydrogens (tertiary/aromatic N) is 1. The van der Waals surface area contributed by atoms with Crippen LogP contribution in [0.3, 0.4) is 0 Å². The lowest BCUT2D eigenvalue weighted by molar-refractivity contribution is 0.538. The number of hydrogen-bond donors (Lipinski definition) is 2. The second kappa shape index (κ2) is 5.22. The van der Waals surface area contributed by atoms with Crippen molar-refractivity contribution in [1.29, 1.82) is 0 Å². The van der Waals surface area contributed by atoms with Gasteiger partial charge in [0.15, 0.2) is 0 Å². The summed E-state index contributed by atoms with van der Waals surface area (Å²) < 4.78 is 5.10. The molecule has 0 aliphatic heterocycles. The highest BCUT2D eigenvalue weighted by molar-refractivity contribution is 5.82. The molecule has 0 aliphatic carbocycles. The second-order valence-electron chi connectivity index (χ2n) is 4.47. The van der Waals surface area contributed by atoms with Gasteiger partial charge in [0, 0.05) is 11.6 Å². The summed E-state index contributed by atoms with van der Waals surface area (Å²) in [6.45, 7) is 0. The topological polar surface area (TPSA) is 64.1 Å². The van der Waals surface area contributed by atoms with Crippen molar-refractivity contribution in [3.63, 3.8) is 0 Å². The quantitative estimate of drug-likeness (QED) is 0.554. The van der Waals surface area contributed by atoms with E-state index < -0.39 is 0 Å². The molecule has 0 amide bonds. The van der Waals surface area contributed by atoms with Gasteiger partial charge in [0.2, 0.25) is 0 Å². The van der Waals surface area contributed by atoms with Crippen LogP contribution in [0.4, 0.5) is 0 Å². The fraction of sp³-hybridized carbons (Fsp3) is 0.133. The molecule has 4 heteroatoms. The van der Waals surface area contributed by atoms with Crippen molar-refractivity contribution >= 4 is 10.9 Å². The van der Waals surface area contributed by atoms with Crippen molar-refractivity contribution < 1.29 is 4.42 Å². The molecule has 0 saturated heterocycles. The third-order valence-electron chi connectivity index (χ3n) is 3.28. The maximum Gasteiger partial charge on any atom is 0.0935 e. The van der Waals surface area contributed by atoms with Gasteiger partial charge in [-0.05, 0) is 35.7 Å². The zero-order valence-electron chi connectivity index (χ0n) is 10.4. The van der Waals surface area contributed by atoms with Crippen molar-refractivity contribution in [2.75, 3.05) is 0 Å². The molecule has 3 rings (SSSR count). The fourth-order valence-electron chi connectivity index (χ4n) is 2.33. The number of nitrogens with two attached hydrogens (primary N) is 1. The summed E-state index contributed by atoms with van der Waals surface area (Å²) in [6, 6.07) is 12.1. The smallest absolute Gasteiger partial charge is 0.0935 e. The van der Waals surface area contributed by atoms with Crippen LogP contribution in [0.1, 0.15) is 17.2 Å². The normalized spacial score (nSPS) is 12.7. The Morgan fingerprint density at radius 2 is 2.16 bits per heavy atom. The first kappa shape index (κ1) is 11.9. The van der Waals surface area contributed by atoms with Gasteiger partial charge in [-0.15, -0.1) is 0 Å². The molecule has 19 heavy (non-hydrogen) atoms. The minimum atomic E-state index is 0.0329. The Morgan fingerprint density at radius 3 is 2.95 bits per heavy atom. The standard InChI is InChI=1S/C15H15N3O/c16-18-15(9-11-6-8-19-10-11)13-3-1-5-14-12(13)4-2-7-17-14/h1-8,10,15,18H,9,16H2. The Morgan fingerprint density at radius 1 is 1.21 bits per heavy atom. The molecule has 0 fully saturated rings. The number of pyridine rings is 1. The lowest BCUT2D eigenvalue weighted by Gasteiger charge is -2.17. The van der Waals surface area contributed by atoms with Gasteiger partial charge in [0.1, 0.15) is 0 Å². The Balaban J connectivity index is 2.01. The van der Waals surface area contributed by atoms with Gasteiger partial charge in [-0.3, -0.25) is 16.3 Å². The molecule has 2 heterocycles. The summed E-state index contributed by atoms with van der Waals surface area (Å²) in [6.07, 6.45) is 6.00. The highest BCUT2D eigenvalue weighted by Crippen LogP contribution is 2.25. The van der Waals surface area contributed by atoms with Crippen molar-refractivity contribution in [3.8, 4) is 0 Å². The second-order valence-corrected chi connectivity index (χ2v) is 4.47. The first-order chi connectivity index (χ1) is 9.38. The van der Waals surface area contributed by atoms with Gasteiger partial charge < -0.3 is 4.42 Å². The molecule has 3 aromatic rings. The van der Waals surface area contributed by atoms with Crippen molar-refractivity contribution in [1.82, 2.24) is 10.4 Å². The predicted molar refractivity (Wildman–Crippen MR) is 74.2 cm³/mol. The summed E-state index contributed by atoms with van der Waals surface area (Å²) in [4.78, 5) is 4.37. The van der Waals surface area contributed by atoms with Gasteiger partial charge in [-0.2, -0.15) is 0 Å². The number of benzene rings is 1. The average molecular weight is 253 g/mol. The van der Waals surface area contributed by atoms with Crippen molar-refractivity contribution in [2.24, 2.45) is 5.84 Å². The largest absolute Gasteiger partial charge is 0.472 e. The molecule has 0 radical (unpaired) electrons. The Labute approximate surface area is 111 Å². The van der Waals surface area contributed by atoms with Crippen LogP contribution in [-0.2, 0) is 6.42 Å². The lowest BCUT2D eigenvalue weighted by atomic mass is 9.97. The van der Waals surface area contributed by atoms with Crippen LogP contribution in [0, 0.1) is 0 Å². The predicted octanol–water partition coefficient (Wildman–Crippen LogP) is 2.57. The molecular formula is C15H15N3O. The number of aromatic nitrogens is 1. The third kappa shape index (κ3) is 2.36. The zero-order valence-corrected chi connectivity index (χ0v) is 10.4. The van der Waals surface area contributed by atoms with Crippen LogP contribution in [-0.4, -0.2) is 4.98 Å². The van der Waals surface area contributed by atoms with Crippen molar-refractivity contribution in [3.05, 3.63) is 66.2 Å². The first-order valence-electron chi connectivity index (χ1n) is 6.19. The fourth-order valence-corrected chi connectivity index (χ4v) is 2.33. The van der Waals surface area contributed by atoms with E-state index in [4.69, 9.17) is 10.3 Å². The number of fused-ring (bicyclic) bond motifs is 1. The van der Waals surface area contributed by atoms with Gasteiger partial charge >= 0.3 is 0 Å². The molecule has 1 aromatic carbocycles. The monoisotopic (exact) mass is 253 g/mol. The number of hydrogen-bond acceptors (Lipinski definition) is 4. The van der Waals surface area contributed by atoms with E-state index >= 15 is 0 Å². The Hall–Kier alpha value is -2.17. The molecule has 0 saturated carbocycles.